The lowest BCUT2D eigenvalue weighted by Crippen LogP contribution is -2.34. The summed E-state index contributed by atoms with van der Waals surface area (Å²) < 4.78 is 0. The van der Waals surface area contributed by atoms with Crippen molar-refractivity contribution in [3.8, 4) is 0 Å². The maximum atomic E-state index is 10.6. The zero-order valence-electron chi connectivity index (χ0n) is 12.0. The van der Waals surface area contributed by atoms with Gasteiger partial charge in [-0.2, -0.15) is 0 Å². The minimum atomic E-state index is -0.959. The molecule has 1 saturated heterocycles. The van der Waals surface area contributed by atoms with E-state index in [1.165, 1.54) is 37.8 Å². The fourth-order valence-corrected chi connectivity index (χ4v) is 3.96. The first kappa shape index (κ1) is 14.5. The molecule has 1 heterocycles. The molecule has 0 aromatic heterocycles. The van der Waals surface area contributed by atoms with Gasteiger partial charge in [0.15, 0.2) is 0 Å². The lowest BCUT2D eigenvalue weighted by molar-refractivity contribution is -0.131. The van der Waals surface area contributed by atoms with Crippen LogP contribution in [0.4, 0.5) is 5.69 Å². The molecule has 2 fully saturated rings. The molecule has 0 radical (unpaired) electrons. The van der Waals surface area contributed by atoms with E-state index in [4.69, 9.17) is 16.7 Å². The highest BCUT2D eigenvalue weighted by Crippen LogP contribution is 2.39. The number of rotatable bonds is 3. The molecule has 2 aliphatic rings. The summed E-state index contributed by atoms with van der Waals surface area (Å²) in [6.07, 6.45) is 9.27. The van der Waals surface area contributed by atoms with Crippen LogP contribution in [-0.4, -0.2) is 23.7 Å². The maximum absolute atomic E-state index is 10.6. The average Bonchev–Trinajstić information content (AvgIpc) is 2.89. The van der Waals surface area contributed by atoms with Gasteiger partial charge in [0.25, 0.3) is 0 Å². The first-order valence-electron chi connectivity index (χ1n) is 7.62. The number of carboxylic acid groups (broad SMARTS) is 1. The van der Waals surface area contributed by atoms with E-state index in [1.54, 1.807) is 6.08 Å². The van der Waals surface area contributed by atoms with E-state index in [-0.39, 0.29) is 0 Å². The first-order valence-corrected chi connectivity index (χ1v) is 8.00. The third kappa shape index (κ3) is 3.08. The van der Waals surface area contributed by atoms with Gasteiger partial charge in [0.2, 0.25) is 0 Å². The minimum absolute atomic E-state index is 0.615. The van der Waals surface area contributed by atoms with Crippen LogP contribution in [-0.2, 0) is 4.79 Å². The Kier molecular flexibility index (Phi) is 4.20. The number of anilines is 1. The third-order valence-corrected chi connectivity index (χ3v) is 5.06. The Labute approximate surface area is 130 Å². The molecule has 0 spiro atoms. The summed E-state index contributed by atoms with van der Waals surface area (Å²) in [6, 6.07) is 6.60. The normalized spacial score (nSPS) is 25.3. The zero-order valence-corrected chi connectivity index (χ0v) is 12.7. The van der Waals surface area contributed by atoms with E-state index in [0.717, 1.165) is 24.1 Å². The fourth-order valence-electron chi connectivity index (χ4n) is 3.72. The lowest BCUT2D eigenvalue weighted by Gasteiger charge is -2.33. The van der Waals surface area contributed by atoms with Crippen LogP contribution in [0.5, 0.6) is 0 Å². The van der Waals surface area contributed by atoms with Crippen molar-refractivity contribution < 1.29 is 9.90 Å². The van der Waals surface area contributed by atoms with Crippen LogP contribution in [0.1, 0.15) is 37.7 Å². The number of carboxylic acids is 1. The summed E-state index contributed by atoms with van der Waals surface area (Å²) in [4.78, 5) is 13.1. The SMILES string of the molecule is O=C(O)/C=C/c1ccc(N2CCC3CCCCC32)cc1Cl. The number of hydrogen-bond donors (Lipinski definition) is 1. The molecule has 1 aliphatic heterocycles. The molecule has 3 nitrogen and oxygen atoms in total. The smallest absolute Gasteiger partial charge is 0.328 e. The van der Waals surface area contributed by atoms with Gasteiger partial charge >= 0.3 is 5.97 Å². The molecule has 2 unspecified atom stereocenters. The second-order valence-electron chi connectivity index (χ2n) is 5.97. The molecule has 4 heteroatoms. The predicted molar refractivity (Wildman–Crippen MR) is 85.8 cm³/mol. The predicted octanol–water partition coefficient (Wildman–Crippen LogP) is 4.21. The number of halogens is 1. The van der Waals surface area contributed by atoms with Crippen molar-refractivity contribution in [2.24, 2.45) is 5.92 Å². The Morgan fingerprint density at radius 1 is 1.29 bits per heavy atom. The highest BCUT2D eigenvalue weighted by molar-refractivity contribution is 6.32. The van der Waals surface area contributed by atoms with Gasteiger partial charge in [-0.05, 0) is 49.0 Å². The Hall–Kier alpha value is -1.48. The molecular formula is C17H20ClNO2. The molecule has 1 aliphatic carbocycles. The van der Waals surface area contributed by atoms with E-state index in [1.807, 2.05) is 12.1 Å². The van der Waals surface area contributed by atoms with E-state index in [0.29, 0.717) is 11.1 Å². The van der Waals surface area contributed by atoms with Gasteiger partial charge in [0.1, 0.15) is 0 Å². The van der Waals surface area contributed by atoms with Gasteiger partial charge in [0, 0.05) is 29.4 Å². The molecule has 112 valence electrons. The molecule has 1 aromatic rings. The Morgan fingerprint density at radius 2 is 2.10 bits per heavy atom. The summed E-state index contributed by atoms with van der Waals surface area (Å²) in [6.45, 7) is 1.11. The van der Waals surface area contributed by atoms with Crippen molar-refractivity contribution >= 4 is 29.3 Å². The highest BCUT2D eigenvalue weighted by atomic mass is 35.5. The van der Waals surface area contributed by atoms with Crippen molar-refractivity contribution in [3.63, 3.8) is 0 Å². The quantitative estimate of drug-likeness (QED) is 0.851. The lowest BCUT2D eigenvalue weighted by atomic mass is 9.85. The zero-order chi connectivity index (χ0) is 14.8. The number of carbonyl (C=O) groups is 1. The number of fused-ring (bicyclic) bond motifs is 1. The summed E-state index contributed by atoms with van der Waals surface area (Å²) >= 11 is 6.30. The number of aliphatic carboxylic acids is 1. The van der Waals surface area contributed by atoms with Gasteiger partial charge in [-0.3, -0.25) is 0 Å². The standard InChI is InChI=1S/C17H20ClNO2/c18-15-11-14(7-5-12(15)6-8-17(20)21)19-10-9-13-3-1-2-4-16(13)19/h5-8,11,13,16H,1-4,9-10H2,(H,20,21)/b8-6+. The molecule has 2 atom stereocenters. The first-order chi connectivity index (χ1) is 10.1. The van der Waals surface area contributed by atoms with E-state index in [9.17, 15) is 4.79 Å². The third-order valence-electron chi connectivity index (χ3n) is 4.73. The molecule has 0 bridgehead atoms. The van der Waals surface area contributed by atoms with Crippen LogP contribution in [0.3, 0.4) is 0 Å². The summed E-state index contributed by atoms with van der Waals surface area (Å²) in [5.74, 6) is -0.121. The maximum Gasteiger partial charge on any atom is 0.328 e. The summed E-state index contributed by atoms with van der Waals surface area (Å²) in [5.41, 5.74) is 1.92. The molecule has 0 amide bonds. The molecule has 1 saturated carbocycles. The largest absolute Gasteiger partial charge is 0.478 e. The summed E-state index contributed by atoms with van der Waals surface area (Å²) in [5, 5.41) is 9.30. The van der Waals surface area contributed by atoms with Crippen molar-refractivity contribution in [3.05, 3.63) is 34.9 Å². The van der Waals surface area contributed by atoms with Crippen molar-refractivity contribution in [2.75, 3.05) is 11.4 Å². The van der Waals surface area contributed by atoms with Crippen molar-refractivity contribution in [1.82, 2.24) is 0 Å². The molecular weight excluding hydrogens is 286 g/mol. The minimum Gasteiger partial charge on any atom is -0.478 e. The fraction of sp³-hybridized carbons (Fsp3) is 0.471. The molecule has 3 rings (SSSR count). The van der Waals surface area contributed by atoms with Crippen molar-refractivity contribution in [1.29, 1.82) is 0 Å². The van der Waals surface area contributed by atoms with Crippen molar-refractivity contribution in [2.45, 2.75) is 38.1 Å². The second kappa shape index (κ2) is 6.10. The second-order valence-corrected chi connectivity index (χ2v) is 6.38. The monoisotopic (exact) mass is 305 g/mol. The van der Waals surface area contributed by atoms with E-state index < -0.39 is 5.97 Å². The Balaban J connectivity index is 1.80. The number of nitrogens with zero attached hydrogens (tertiary/aromatic N) is 1. The number of hydrogen-bond acceptors (Lipinski definition) is 2. The van der Waals surface area contributed by atoms with Gasteiger partial charge in [-0.25, -0.2) is 4.79 Å². The van der Waals surface area contributed by atoms with Crippen LogP contribution in [0, 0.1) is 5.92 Å². The topological polar surface area (TPSA) is 40.5 Å². The van der Waals surface area contributed by atoms with Crippen LogP contribution in [0.25, 0.3) is 6.08 Å². The van der Waals surface area contributed by atoms with Gasteiger partial charge < -0.3 is 10.0 Å². The van der Waals surface area contributed by atoms with E-state index >= 15 is 0 Å². The van der Waals surface area contributed by atoms with E-state index in [2.05, 4.69) is 11.0 Å². The van der Waals surface area contributed by atoms with Crippen LogP contribution >= 0.6 is 11.6 Å². The Bertz CT molecular complexity index is 570. The van der Waals surface area contributed by atoms with Gasteiger partial charge in [-0.1, -0.05) is 30.5 Å². The van der Waals surface area contributed by atoms with Crippen LogP contribution in [0.15, 0.2) is 24.3 Å². The molecule has 21 heavy (non-hydrogen) atoms. The average molecular weight is 306 g/mol. The molecule has 1 aromatic carbocycles. The molecule has 1 N–H and O–H groups in total. The Morgan fingerprint density at radius 3 is 2.86 bits per heavy atom. The van der Waals surface area contributed by atoms with Crippen LogP contribution in [0.2, 0.25) is 5.02 Å². The highest BCUT2D eigenvalue weighted by Gasteiger charge is 2.35. The summed E-state index contributed by atoms with van der Waals surface area (Å²) in [7, 11) is 0. The van der Waals surface area contributed by atoms with Crippen LogP contribution < -0.4 is 4.90 Å². The number of benzene rings is 1. The van der Waals surface area contributed by atoms with Gasteiger partial charge in [-0.15, -0.1) is 0 Å². The van der Waals surface area contributed by atoms with Gasteiger partial charge in [0.05, 0.1) is 0 Å².